The number of hydrogen-bond donors (Lipinski definition) is 2. The van der Waals surface area contributed by atoms with Gasteiger partial charge in [-0.1, -0.05) is 36.4 Å². The van der Waals surface area contributed by atoms with Crippen molar-refractivity contribution < 1.29 is 0 Å². The Morgan fingerprint density at radius 2 is 1.14 bits per heavy atom. The van der Waals surface area contributed by atoms with Crippen molar-refractivity contribution >= 4 is 33.2 Å². The molecule has 3 rings (SSSR count). The van der Waals surface area contributed by atoms with Crippen molar-refractivity contribution in [2.75, 3.05) is 26.2 Å². The highest BCUT2D eigenvalue weighted by molar-refractivity contribution is 6.16. The van der Waals surface area contributed by atoms with E-state index >= 15 is 0 Å². The summed E-state index contributed by atoms with van der Waals surface area (Å²) in [6.07, 6.45) is 0. The summed E-state index contributed by atoms with van der Waals surface area (Å²) in [4.78, 5) is 9.40. The highest BCUT2D eigenvalue weighted by Crippen LogP contribution is 2.28. The fourth-order valence-electron chi connectivity index (χ4n) is 3.59. The molecule has 0 heterocycles. The zero-order valence-corrected chi connectivity index (χ0v) is 17.3. The molecule has 0 spiro atoms. The second kappa shape index (κ2) is 9.36. The summed E-state index contributed by atoms with van der Waals surface area (Å²) < 4.78 is 0. The van der Waals surface area contributed by atoms with Gasteiger partial charge >= 0.3 is 0 Å². The van der Waals surface area contributed by atoms with E-state index in [1.54, 1.807) is 0 Å². The number of fused-ring (bicyclic) bond motifs is 2. The van der Waals surface area contributed by atoms with E-state index in [4.69, 9.17) is 9.98 Å². The summed E-state index contributed by atoms with van der Waals surface area (Å²) in [6, 6.07) is 17.4. The van der Waals surface area contributed by atoms with E-state index in [1.165, 1.54) is 21.5 Å². The van der Waals surface area contributed by atoms with Crippen molar-refractivity contribution in [2.24, 2.45) is 9.98 Å². The molecular weight excluding hydrogens is 344 g/mol. The van der Waals surface area contributed by atoms with Crippen LogP contribution in [-0.4, -0.2) is 37.9 Å². The maximum absolute atomic E-state index is 4.70. The second-order valence-corrected chi connectivity index (χ2v) is 6.61. The molecule has 0 bridgehead atoms. The number of hydrogen-bond acceptors (Lipinski definition) is 2. The van der Waals surface area contributed by atoms with Gasteiger partial charge in [-0.15, -0.1) is 0 Å². The molecule has 0 aliphatic heterocycles. The molecule has 0 saturated carbocycles. The lowest BCUT2D eigenvalue weighted by Gasteiger charge is -2.15. The summed E-state index contributed by atoms with van der Waals surface area (Å²) >= 11 is 0. The van der Waals surface area contributed by atoms with E-state index in [9.17, 15) is 0 Å². The topological polar surface area (TPSA) is 48.8 Å². The first kappa shape index (κ1) is 19.9. The monoisotopic (exact) mass is 374 g/mol. The van der Waals surface area contributed by atoms with E-state index in [-0.39, 0.29) is 0 Å². The number of nitrogens with zero attached hydrogens (tertiary/aromatic N) is 2. The van der Waals surface area contributed by atoms with Crippen LogP contribution in [0.25, 0.3) is 21.5 Å². The molecule has 0 aliphatic rings. The third-order valence-corrected chi connectivity index (χ3v) is 4.71. The summed E-state index contributed by atoms with van der Waals surface area (Å²) in [5, 5.41) is 11.7. The number of aliphatic imine (C=N–C) groups is 2. The molecule has 146 valence electrons. The lowest BCUT2D eigenvalue weighted by Crippen LogP contribution is -2.25. The maximum Gasteiger partial charge on any atom is 0.128 e. The second-order valence-electron chi connectivity index (χ2n) is 6.61. The van der Waals surface area contributed by atoms with Gasteiger partial charge in [-0.3, -0.25) is 9.98 Å². The molecule has 4 heteroatoms. The maximum atomic E-state index is 4.70. The first-order valence-electron chi connectivity index (χ1n) is 10.3. The third kappa shape index (κ3) is 4.01. The highest BCUT2D eigenvalue weighted by Gasteiger charge is 2.12. The summed E-state index contributed by atoms with van der Waals surface area (Å²) in [5.74, 6) is 1.92. The van der Waals surface area contributed by atoms with E-state index in [0.717, 1.165) is 49.0 Å². The van der Waals surface area contributed by atoms with Crippen molar-refractivity contribution in [3.05, 3.63) is 59.7 Å². The van der Waals surface area contributed by atoms with Crippen LogP contribution >= 0.6 is 0 Å². The smallest absolute Gasteiger partial charge is 0.128 e. The van der Waals surface area contributed by atoms with Crippen molar-refractivity contribution in [3.8, 4) is 0 Å². The van der Waals surface area contributed by atoms with Crippen LogP contribution in [0.5, 0.6) is 0 Å². The molecule has 28 heavy (non-hydrogen) atoms. The SMILES string of the molecule is CCN=C(NCC)c1cccc2cc3cccc(C(=NCC)NCC)c3cc12. The fraction of sp³-hybridized carbons (Fsp3) is 0.333. The van der Waals surface area contributed by atoms with Gasteiger partial charge in [-0.2, -0.15) is 0 Å². The molecule has 0 aliphatic carbocycles. The largest absolute Gasteiger partial charge is 0.370 e. The molecule has 0 amide bonds. The molecule has 0 fully saturated rings. The number of amidine groups is 2. The van der Waals surface area contributed by atoms with Gasteiger partial charge in [0.2, 0.25) is 0 Å². The minimum absolute atomic E-state index is 0.755. The Kier molecular flexibility index (Phi) is 6.64. The molecule has 0 unspecified atom stereocenters. The zero-order valence-electron chi connectivity index (χ0n) is 17.3. The van der Waals surface area contributed by atoms with Gasteiger partial charge in [0.05, 0.1) is 0 Å². The van der Waals surface area contributed by atoms with Gasteiger partial charge in [0.1, 0.15) is 11.7 Å². The lowest BCUT2D eigenvalue weighted by atomic mass is 9.96. The first-order valence-corrected chi connectivity index (χ1v) is 10.3. The molecule has 0 atom stereocenters. The van der Waals surface area contributed by atoms with Crippen molar-refractivity contribution in [2.45, 2.75) is 27.7 Å². The van der Waals surface area contributed by atoms with Crippen molar-refractivity contribution in [1.29, 1.82) is 0 Å². The van der Waals surface area contributed by atoms with Crippen LogP contribution < -0.4 is 10.6 Å². The zero-order chi connectivity index (χ0) is 19.9. The molecule has 0 saturated heterocycles. The summed E-state index contributed by atoms with van der Waals surface area (Å²) in [7, 11) is 0. The Bertz CT molecular complexity index is 939. The lowest BCUT2D eigenvalue weighted by molar-refractivity contribution is 0.949. The normalized spacial score (nSPS) is 12.6. The molecule has 4 nitrogen and oxygen atoms in total. The molecule has 3 aromatic carbocycles. The summed E-state index contributed by atoms with van der Waals surface area (Å²) in [5.41, 5.74) is 2.30. The van der Waals surface area contributed by atoms with Crippen LogP contribution in [0.3, 0.4) is 0 Å². The number of nitrogens with one attached hydrogen (secondary N) is 2. The molecule has 2 N–H and O–H groups in total. The van der Waals surface area contributed by atoms with Gasteiger partial charge in [0, 0.05) is 37.3 Å². The van der Waals surface area contributed by atoms with Crippen LogP contribution in [0, 0.1) is 0 Å². The minimum Gasteiger partial charge on any atom is -0.370 e. The Morgan fingerprint density at radius 3 is 1.54 bits per heavy atom. The Hall–Kier alpha value is -2.88. The van der Waals surface area contributed by atoms with E-state index in [1.807, 2.05) is 0 Å². The predicted molar refractivity (Wildman–Crippen MR) is 123 cm³/mol. The van der Waals surface area contributed by atoms with Gasteiger partial charge in [-0.05, 0) is 61.4 Å². The minimum atomic E-state index is 0.755. The third-order valence-electron chi connectivity index (χ3n) is 4.71. The van der Waals surface area contributed by atoms with Crippen LogP contribution in [0.2, 0.25) is 0 Å². The fourth-order valence-corrected chi connectivity index (χ4v) is 3.59. The Balaban J connectivity index is 2.29. The average Bonchev–Trinajstić information content (AvgIpc) is 2.71. The molecule has 3 aromatic rings. The van der Waals surface area contributed by atoms with Gasteiger partial charge < -0.3 is 10.6 Å². The van der Waals surface area contributed by atoms with Crippen LogP contribution in [0.15, 0.2) is 58.5 Å². The van der Waals surface area contributed by atoms with Crippen LogP contribution in [0.4, 0.5) is 0 Å². The van der Waals surface area contributed by atoms with E-state index in [0.29, 0.717) is 0 Å². The Labute approximate surface area is 167 Å². The number of rotatable bonds is 6. The van der Waals surface area contributed by atoms with Gasteiger partial charge in [-0.25, -0.2) is 0 Å². The van der Waals surface area contributed by atoms with Crippen LogP contribution in [0.1, 0.15) is 38.8 Å². The average molecular weight is 375 g/mol. The van der Waals surface area contributed by atoms with Crippen molar-refractivity contribution in [1.82, 2.24) is 10.6 Å². The van der Waals surface area contributed by atoms with Crippen molar-refractivity contribution in [3.63, 3.8) is 0 Å². The Morgan fingerprint density at radius 1 is 0.679 bits per heavy atom. The predicted octanol–water partition coefficient (Wildman–Crippen LogP) is 4.75. The molecule has 0 aromatic heterocycles. The van der Waals surface area contributed by atoms with E-state index in [2.05, 4.69) is 86.9 Å². The van der Waals surface area contributed by atoms with Gasteiger partial charge in [0.25, 0.3) is 0 Å². The summed E-state index contributed by atoms with van der Waals surface area (Å²) in [6.45, 7) is 11.6. The molecule has 0 radical (unpaired) electrons. The molecular formula is C24H30N4. The quantitative estimate of drug-likeness (QED) is 0.372. The first-order chi connectivity index (χ1) is 13.7. The standard InChI is InChI=1S/C24H30N4/c1-5-25-23(26-6-2)19-13-9-11-17-15-18-12-10-14-20(22(18)16-21(17)19)24(27-7-3)28-8-4/h9-16H,5-8H2,1-4H3,(H,25,26)(H,27,28). The number of benzene rings is 3. The van der Waals surface area contributed by atoms with E-state index < -0.39 is 0 Å². The highest BCUT2D eigenvalue weighted by atomic mass is 15.0. The van der Waals surface area contributed by atoms with Gasteiger partial charge in [0.15, 0.2) is 0 Å². The van der Waals surface area contributed by atoms with Crippen LogP contribution in [-0.2, 0) is 0 Å².